The third-order valence-corrected chi connectivity index (χ3v) is 1.89. The number of carbonyl (C=O) groups excluding carboxylic acids is 1. The number of esters is 1. The number of hydrogen-bond acceptors (Lipinski definition) is 6. The van der Waals surface area contributed by atoms with Crippen molar-refractivity contribution in [3.05, 3.63) is 0 Å². The molecule has 0 aliphatic heterocycles. The minimum Gasteiger partial charge on any atom is -0.466 e. The van der Waals surface area contributed by atoms with Crippen LogP contribution in [0.2, 0.25) is 0 Å². The van der Waals surface area contributed by atoms with E-state index in [-0.39, 0.29) is 25.3 Å². The van der Waals surface area contributed by atoms with Gasteiger partial charge in [-0.1, -0.05) is 6.92 Å². The standard InChI is InChI=1S/C7H14O3.C6H14O3/c1-2-6-10-7(9)4-3-5-8;1-5(8)4-9-6(2)3-7/h8H,2-6H2,1H3;5-8H,3-4H2,1-2H3. The fourth-order valence-electron chi connectivity index (χ4n) is 0.868. The van der Waals surface area contributed by atoms with Crippen LogP contribution in [0.3, 0.4) is 0 Å². The number of hydrogen-bond donors (Lipinski definition) is 3. The van der Waals surface area contributed by atoms with Crippen LogP contribution in [0.4, 0.5) is 0 Å². The third kappa shape index (κ3) is 19.8. The Balaban J connectivity index is 0. The summed E-state index contributed by atoms with van der Waals surface area (Å²) in [7, 11) is 0. The predicted octanol–water partition coefficient (Wildman–Crippen LogP) is 0.477. The average Bonchev–Trinajstić information content (AvgIpc) is 2.40. The van der Waals surface area contributed by atoms with Crippen molar-refractivity contribution >= 4 is 5.97 Å². The van der Waals surface area contributed by atoms with Crippen LogP contribution in [0.25, 0.3) is 0 Å². The number of ether oxygens (including phenoxy) is 2. The molecule has 0 radical (unpaired) electrons. The smallest absolute Gasteiger partial charge is 0.305 e. The normalized spacial score (nSPS) is 13.2. The van der Waals surface area contributed by atoms with Crippen LogP contribution < -0.4 is 0 Å². The molecule has 2 atom stereocenters. The van der Waals surface area contributed by atoms with E-state index in [0.29, 0.717) is 26.1 Å². The zero-order valence-electron chi connectivity index (χ0n) is 12.2. The molecule has 6 nitrogen and oxygen atoms in total. The van der Waals surface area contributed by atoms with E-state index in [4.69, 9.17) is 24.8 Å². The molecule has 3 N–H and O–H groups in total. The maximum absolute atomic E-state index is 10.6. The van der Waals surface area contributed by atoms with Crippen LogP contribution in [0.1, 0.15) is 40.0 Å². The molecule has 0 aliphatic rings. The number of aliphatic hydroxyl groups is 3. The van der Waals surface area contributed by atoms with Crippen molar-refractivity contribution in [3.8, 4) is 0 Å². The lowest BCUT2D eigenvalue weighted by Crippen LogP contribution is -2.19. The zero-order valence-corrected chi connectivity index (χ0v) is 12.2. The van der Waals surface area contributed by atoms with Gasteiger partial charge in [-0.25, -0.2) is 0 Å². The highest BCUT2D eigenvalue weighted by molar-refractivity contribution is 5.69. The lowest BCUT2D eigenvalue weighted by atomic mass is 10.3. The molecule has 0 aromatic rings. The highest BCUT2D eigenvalue weighted by Gasteiger charge is 2.01. The molecule has 19 heavy (non-hydrogen) atoms. The average molecular weight is 280 g/mol. The first-order chi connectivity index (χ1) is 8.97. The van der Waals surface area contributed by atoms with Gasteiger partial charge >= 0.3 is 5.97 Å². The molecule has 0 saturated heterocycles. The molecule has 0 aromatic carbocycles. The Morgan fingerprint density at radius 3 is 2.32 bits per heavy atom. The Morgan fingerprint density at radius 1 is 1.26 bits per heavy atom. The van der Waals surface area contributed by atoms with Crippen molar-refractivity contribution in [2.75, 3.05) is 26.4 Å². The van der Waals surface area contributed by atoms with Gasteiger partial charge in [-0.15, -0.1) is 0 Å². The summed E-state index contributed by atoms with van der Waals surface area (Å²) in [6, 6.07) is 0. The van der Waals surface area contributed by atoms with Gasteiger partial charge < -0.3 is 24.8 Å². The highest BCUT2D eigenvalue weighted by atomic mass is 16.5. The summed E-state index contributed by atoms with van der Waals surface area (Å²) in [5.74, 6) is -0.212. The zero-order chi connectivity index (χ0) is 15.1. The van der Waals surface area contributed by atoms with Gasteiger partial charge in [-0.3, -0.25) is 4.79 Å². The van der Waals surface area contributed by atoms with E-state index in [2.05, 4.69) is 0 Å². The lowest BCUT2D eigenvalue weighted by molar-refractivity contribution is -0.143. The maximum Gasteiger partial charge on any atom is 0.305 e. The summed E-state index contributed by atoms with van der Waals surface area (Å²) in [5.41, 5.74) is 0. The summed E-state index contributed by atoms with van der Waals surface area (Å²) in [5, 5.41) is 25.5. The van der Waals surface area contributed by atoms with Crippen molar-refractivity contribution in [1.29, 1.82) is 0 Å². The first-order valence-corrected chi connectivity index (χ1v) is 6.64. The van der Waals surface area contributed by atoms with E-state index in [1.54, 1.807) is 13.8 Å². The molecule has 116 valence electrons. The molecule has 0 aliphatic carbocycles. The quantitative estimate of drug-likeness (QED) is 0.532. The van der Waals surface area contributed by atoms with E-state index in [0.717, 1.165) is 6.42 Å². The first-order valence-electron chi connectivity index (χ1n) is 6.64. The van der Waals surface area contributed by atoms with E-state index in [9.17, 15) is 4.79 Å². The highest BCUT2D eigenvalue weighted by Crippen LogP contribution is 1.92. The van der Waals surface area contributed by atoms with Crippen LogP contribution in [-0.4, -0.2) is 59.9 Å². The van der Waals surface area contributed by atoms with Gasteiger partial charge in [0, 0.05) is 13.0 Å². The Hall–Kier alpha value is -0.690. The van der Waals surface area contributed by atoms with Crippen LogP contribution in [0, 0.1) is 0 Å². The Labute approximate surface area is 115 Å². The molecule has 0 heterocycles. The third-order valence-electron chi connectivity index (χ3n) is 1.89. The van der Waals surface area contributed by atoms with E-state index in [1.807, 2.05) is 6.92 Å². The molecule has 0 aromatic heterocycles. The number of aliphatic hydroxyl groups excluding tert-OH is 3. The minimum atomic E-state index is -0.445. The molecule has 0 rings (SSSR count). The second kappa shape index (κ2) is 15.4. The Bertz CT molecular complexity index is 186. The van der Waals surface area contributed by atoms with E-state index < -0.39 is 6.10 Å². The first kappa shape index (κ1) is 20.6. The molecule has 0 saturated carbocycles. The molecule has 2 unspecified atom stereocenters. The lowest BCUT2D eigenvalue weighted by Gasteiger charge is -2.10. The van der Waals surface area contributed by atoms with Gasteiger partial charge in [-0.2, -0.15) is 0 Å². The Morgan fingerprint density at radius 2 is 1.89 bits per heavy atom. The number of rotatable bonds is 9. The minimum absolute atomic E-state index is 0.00667. The summed E-state index contributed by atoms with van der Waals surface area (Å²) >= 11 is 0. The number of carbonyl (C=O) groups is 1. The van der Waals surface area contributed by atoms with Gasteiger partial charge in [0.05, 0.1) is 32.0 Å². The van der Waals surface area contributed by atoms with Gasteiger partial charge in [0.15, 0.2) is 0 Å². The van der Waals surface area contributed by atoms with Crippen molar-refractivity contribution < 1.29 is 29.6 Å². The van der Waals surface area contributed by atoms with Gasteiger partial charge in [0.1, 0.15) is 0 Å². The Kier molecular flexibility index (Phi) is 16.7. The molecule has 0 spiro atoms. The van der Waals surface area contributed by atoms with E-state index >= 15 is 0 Å². The summed E-state index contributed by atoms with van der Waals surface area (Å²) in [6.45, 7) is 6.19. The van der Waals surface area contributed by atoms with Crippen molar-refractivity contribution in [3.63, 3.8) is 0 Å². The fraction of sp³-hybridized carbons (Fsp3) is 0.923. The SMILES string of the molecule is CC(O)COC(C)CO.CCCOC(=O)CCCO. The molecule has 6 heteroatoms. The van der Waals surface area contributed by atoms with E-state index in [1.165, 1.54) is 0 Å². The summed E-state index contributed by atoms with van der Waals surface area (Å²) in [4.78, 5) is 10.6. The second-order valence-electron chi connectivity index (χ2n) is 4.22. The van der Waals surface area contributed by atoms with Gasteiger partial charge in [0.2, 0.25) is 0 Å². The molecule has 0 fully saturated rings. The maximum atomic E-state index is 10.6. The van der Waals surface area contributed by atoms with Crippen LogP contribution >= 0.6 is 0 Å². The molecule has 0 amide bonds. The van der Waals surface area contributed by atoms with Crippen LogP contribution in [0.5, 0.6) is 0 Å². The fourth-order valence-corrected chi connectivity index (χ4v) is 0.868. The topological polar surface area (TPSA) is 96.2 Å². The predicted molar refractivity (Wildman–Crippen MR) is 71.8 cm³/mol. The van der Waals surface area contributed by atoms with Gasteiger partial charge in [0.25, 0.3) is 0 Å². The van der Waals surface area contributed by atoms with Gasteiger partial charge in [-0.05, 0) is 26.7 Å². The molecule has 0 bridgehead atoms. The largest absolute Gasteiger partial charge is 0.466 e. The summed E-state index contributed by atoms with van der Waals surface area (Å²) < 4.78 is 9.70. The van der Waals surface area contributed by atoms with Crippen LogP contribution in [-0.2, 0) is 14.3 Å². The van der Waals surface area contributed by atoms with Crippen molar-refractivity contribution in [1.82, 2.24) is 0 Å². The van der Waals surface area contributed by atoms with Crippen LogP contribution in [0.15, 0.2) is 0 Å². The van der Waals surface area contributed by atoms with Crippen molar-refractivity contribution in [2.24, 2.45) is 0 Å². The monoisotopic (exact) mass is 280 g/mol. The molecular formula is C13H28O6. The summed E-state index contributed by atoms with van der Waals surface area (Å²) in [6.07, 6.45) is 1.07. The van der Waals surface area contributed by atoms with Crippen molar-refractivity contribution in [2.45, 2.75) is 52.2 Å². The second-order valence-corrected chi connectivity index (χ2v) is 4.22. The molecular weight excluding hydrogens is 252 g/mol.